The van der Waals surface area contributed by atoms with Crippen molar-refractivity contribution >= 4 is 0 Å². The van der Waals surface area contributed by atoms with E-state index in [1.54, 1.807) is 0 Å². The summed E-state index contributed by atoms with van der Waals surface area (Å²) >= 11 is 0. The Labute approximate surface area is 80.1 Å². The van der Waals surface area contributed by atoms with E-state index in [1.165, 1.54) is 6.20 Å². The molecule has 0 saturated heterocycles. The zero-order chi connectivity index (χ0) is 10.3. The highest BCUT2D eigenvalue weighted by Crippen LogP contribution is 2.13. The second kappa shape index (κ2) is 6.07. The summed E-state index contributed by atoms with van der Waals surface area (Å²) in [6.07, 6.45) is 7.08. The molecule has 2 N–H and O–H groups in total. The Bertz CT molecular complexity index is 275. The minimum atomic E-state index is 0.402. The maximum Gasteiger partial charge on any atom is 0.101 e. The van der Waals surface area contributed by atoms with Gasteiger partial charge in [-0.15, -0.1) is 0 Å². The van der Waals surface area contributed by atoms with Gasteiger partial charge in [0.1, 0.15) is 6.07 Å². The van der Waals surface area contributed by atoms with Gasteiger partial charge < -0.3 is 5.73 Å². The number of rotatable bonds is 3. The van der Waals surface area contributed by atoms with Crippen LogP contribution in [0.5, 0.6) is 0 Å². The molecule has 0 fully saturated rings. The van der Waals surface area contributed by atoms with E-state index in [-0.39, 0.29) is 0 Å². The average Bonchev–Trinajstić information content (AvgIpc) is 2.11. The van der Waals surface area contributed by atoms with Crippen molar-refractivity contribution in [1.82, 2.24) is 0 Å². The molecule has 2 heteroatoms. The number of nitrogens with two attached hydrogens (primary N) is 1. The molecule has 0 radical (unpaired) electrons. The zero-order valence-electron chi connectivity index (χ0n) is 8.41. The van der Waals surface area contributed by atoms with Crippen LogP contribution in [0.15, 0.2) is 35.6 Å². The van der Waals surface area contributed by atoms with Crippen molar-refractivity contribution in [3.63, 3.8) is 0 Å². The lowest BCUT2D eigenvalue weighted by atomic mass is 10.0. The SMILES string of the molecule is C\C=C/C(=C\C(C#N)=C/N)C(C)C. The van der Waals surface area contributed by atoms with E-state index < -0.39 is 0 Å². The second-order valence-electron chi connectivity index (χ2n) is 3.03. The fraction of sp³-hybridized carbons (Fsp3) is 0.364. The van der Waals surface area contributed by atoms with E-state index in [9.17, 15) is 0 Å². The zero-order valence-corrected chi connectivity index (χ0v) is 8.41. The van der Waals surface area contributed by atoms with Gasteiger partial charge in [0, 0.05) is 6.20 Å². The van der Waals surface area contributed by atoms with E-state index >= 15 is 0 Å². The fourth-order valence-electron chi connectivity index (χ4n) is 0.897. The van der Waals surface area contributed by atoms with Crippen molar-refractivity contribution < 1.29 is 0 Å². The van der Waals surface area contributed by atoms with Gasteiger partial charge in [-0.25, -0.2) is 0 Å². The largest absolute Gasteiger partial charge is 0.404 e. The maximum atomic E-state index is 8.66. The Morgan fingerprint density at radius 1 is 1.46 bits per heavy atom. The van der Waals surface area contributed by atoms with Gasteiger partial charge >= 0.3 is 0 Å². The highest BCUT2D eigenvalue weighted by molar-refractivity contribution is 5.38. The predicted molar refractivity (Wildman–Crippen MR) is 55.6 cm³/mol. The molecule has 0 aromatic rings. The number of hydrogen-bond donors (Lipinski definition) is 1. The highest BCUT2D eigenvalue weighted by Gasteiger charge is 1.99. The standard InChI is InChI=1S/C11H16N2/c1-4-5-11(9(2)3)6-10(7-12)8-13/h4-7,9H,12H2,1-3H3/b5-4-,10-7+,11-6+. The van der Waals surface area contributed by atoms with Gasteiger partial charge in [0.15, 0.2) is 0 Å². The highest BCUT2D eigenvalue weighted by atomic mass is 14.5. The molecule has 0 amide bonds. The van der Waals surface area contributed by atoms with Gasteiger partial charge in [0.25, 0.3) is 0 Å². The van der Waals surface area contributed by atoms with Crippen LogP contribution < -0.4 is 5.73 Å². The molecule has 0 heterocycles. The predicted octanol–water partition coefficient (Wildman–Crippen LogP) is 2.51. The number of allylic oxidation sites excluding steroid dienone is 5. The van der Waals surface area contributed by atoms with Crippen LogP contribution in [0.3, 0.4) is 0 Å². The molecule has 13 heavy (non-hydrogen) atoms. The molecule has 0 aliphatic heterocycles. The second-order valence-corrected chi connectivity index (χ2v) is 3.03. The first kappa shape index (κ1) is 11.5. The summed E-state index contributed by atoms with van der Waals surface area (Å²) in [5.41, 5.74) is 6.89. The first-order valence-corrected chi connectivity index (χ1v) is 4.32. The quantitative estimate of drug-likeness (QED) is 0.530. The van der Waals surface area contributed by atoms with E-state index in [4.69, 9.17) is 11.0 Å². The first-order chi connectivity index (χ1) is 6.15. The summed E-state index contributed by atoms with van der Waals surface area (Å²) in [5.74, 6) is 0.402. The minimum absolute atomic E-state index is 0.402. The van der Waals surface area contributed by atoms with Crippen molar-refractivity contribution in [2.75, 3.05) is 0 Å². The Hall–Kier alpha value is -1.49. The molecule has 0 aromatic carbocycles. The Morgan fingerprint density at radius 2 is 2.08 bits per heavy atom. The van der Waals surface area contributed by atoms with Crippen LogP contribution in [-0.2, 0) is 0 Å². The molecule has 0 aliphatic carbocycles. The van der Waals surface area contributed by atoms with Gasteiger partial charge in [0.05, 0.1) is 5.57 Å². The summed E-state index contributed by atoms with van der Waals surface area (Å²) < 4.78 is 0. The Balaban J connectivity index is 4.85. The normalized spacial score (nSPS) is 13.8. The van der Waals surface area contributed by atoms with Gasteiger partial charge in [-0.05, 0) is 24.5 Å². The van der Waals surface area contributed by atoms with E-state index in [0.717, 1.165) is 5.57 Å². The summed E-state index contributed by atoms with van der Waals surface area (Å²) in [5, 5.41) is 8.66. The van der Waals surface area contributed by atoms with E-state index in [1.807, 2.05) is 31.2 Å². The van der Waals surface area contributed by atoms with Crippen LogP contribution in [0.4, 0.5) is 0 Å². The van der Waals surface area contributed by atoms with Gasteiger partial charge in [-0.1, -0.05) is 26.0 Å². The average molecular weight is 176 g/mol. The fourth-order valence-corrected chi connectivity index (χ4v) is 0.897. The summed E-state index contributed by atoms with van der Waals surface area (Å²) in [6, 6.07) is 2.02. The molecule has 0 spiro atoms. The molecule has 0 aliphatic rings. The lowest BCUT2D eigenvalue weighted by Gasteiger charge is -2.05. The molecular formula is C11H16N2. The van der Waals surface area contributed by atoms with Crippen molar-refractivity contribution in [1.29, 1.82) is 5.26 Å². The van der Waals surface area contributed by atoms with E-state index in [0.29, 0.717) is 11.5 Å². The van der Waals surface area contributed by atoms with Crippen LogP contribution in [0, 0.1) is 17.2 Å². The number of nitriles is 1. The lowest BCUT2D eigenvalue weighted by Crippen LogP contribution is -1.92. The summed E-state index contributed by atoms with van der Waals surface area (Å²) in [7, 11) is 0. The van der Waals surface area contributed by atoms with Gasteiger partial charge in [0.2, 0.25) is 0 Å². The lowest BCUT2D eigenvalue weighted by molar-refractivity contribution is 0.790. The summed E-state index contributed by atoms with van der Waals surface area (Å²) in [6.45, 7) is 6.11. The molecule has 0 unspecified atom stereocenters. The Kier molecular flexibility index (Phi) is 5.38. The van der Waals surface area contributed by atoms with Crippen molar-refractivity contribution in [2.24, 2.45) is 11.7 Å². The molecule has 0 rings (SSSR count). The first-order valence-electron chi connectivity index (χ1n) is 4.32. The Morgan fingerprint density at radius 3 is 2.38 bits per heavy atom. The topological polar surface area (TPSA) is 49.8 Å². The maximum absolute atomic E-state index is 8.66. The van der Waals surface area contributed by atoms with Gasteiger partial charge in [-0.2, -0.15) is 5.26 Å². The summed E-state index contributed by atoms with van der Waals surface area (Å²) in [4.78, 5) is 0. The van der Waals surface area contributed by atoms with Crippen molar-refractivity contribution in [3.05, 3.63) is 35.6 Å². The third-order valence-corrected chi connectivity index (χ3v) is 1.66. The number of hydrogen-bond acceptors (Lipinski definition) is 2. The van der Waals surface area contributed by atoms with Crippen LogP contribution in [0.1, 0.15) is 20.8 Å². The third-order valence-electron chi connectivity index (χ3n) is 1.66. The smallest absolute Gasteiger partial charge is 0.101 e. The van der Waals surface area contributed by atoms with Crippen LogP contribution in [0.25, 0.3) is 0 Å². The van der Waals surface area contributed by atoms with Gasteiger partial charge in [-0.3, -0.25) is 0 Å². The van der Waals surface area contributed by atoms with Crippen LogP contribution in [-0.4, -0.2) is 0 Å². The number of nitrogens with zero attached hydrogens (tertiary/aromatic N) is 1. The van der Waals surface area contributed by atoms with E-state index in [2.05, 4.69) is 13.8 Å². The molecule has 0 atom stereocenters. The third kappa shape index (κ3) is 4.17. The minimum Gasteiger partial charge on any atom is -0.404 e. The molecule has 2 nitrogen and oxygen atoms in total. The van der Waals surface area contributed by atoms with Crippen LogP contribution in [0.2, 0.25) is 0 Å². The molecule has 0 saturated carbocycles. The molecule has 0 bridgehead atoms. The molecular weight excluding hydrogens is 160 g/mol. The monoisotopic (exact) mass is 176 g/mol. The van der Waals surface area contributed by atoms with Crippen LogP contribution >= 0.6 is 0 Å². The van der Waals surface area contributed by atoms with Crippen molar-refractivity contribution in [3.8, 4) is 6.07 Å². The molecule has 0 aromatic heterocycles. The van der Waals surface area contributed by atoms with Crippen molar-refractivity contribution in [2.45, 2.75) is 20.8 Å². The molecule has 70 valence electrons.